The number of likely N-dealkylation sites (N-methyl/N-ethyl adjacent to an activating group) is 2. The Balaban J connectivity index is 2.42. The zero-order chi connectivity index (χ0) is 9.84. The highest BCUT2D eigenvalue weighted by Gasteiger charge is 2.34. The SMILES string of the molecule is CNCCN(C)C1SC(=O)NC1=O. The molecule has 1 fully saturated rings. The van der Waals surface area contributed by atoms with Crippen molar-refractivity contribution < 1.29 is 9.59 Å². The van der Waals surface area contributed by atoms with Gasteiger partial charge >= 0.3 is 0 Å². The molecule has 0 aromatic heterocycles. The zero-order valence-electron chi connectivity index (χ0n) is 7.66. The third-order valence-corrected chi connectivity index (χ3v) is 2.90. The van der Waals surface area contributed by atoms with Crippen LogP contribution < -0.4 is 10.6 Å². The fraction of sp³-hybridized carbons (Fsp3) is 0.714. The second-order valence-corrected chi connectivity index (χ2v) is 3.88. The molecular weight excluding hydrogens is 190 g/mol. The molecule has 2 amide bonds. The van der Waals surface area contributed by atoms with Gasteiger partial charge in [-0.05, 0) is 25.9 Å². The van der Waals surface area contributed by atoms with Crippen molar-refractivity contribution in [2.24, 2.45) is 0 Å². The minimum absolute atomic E-state index is 0.214. The van der Waals surface area contributed by atoms with Crippen LogP contribution in [0.4, 0.5) is 4.79 Å². The Morgan fingerprint density at radius 1 is 1.62 bits per heavy atom. The van der Waals surface area contributed by atoms with Gasteiger partial charge in [0.2, 0.25) is 0 Å². The molecule has 13 heavy (non-hydrogen) atoms. The first kappa shape index (κ1) is 10.5. The molecule has 0 radical (unpaired) electrons. The van der Waals surface area contributed by atoms with Gasteiger partial charge in [0.15, 0.2) is 0 Å². The lowest BCUT2D eigenvalue weighted by Gasteiger charge is -2.19. The van der Waals surface area contributed by atoms with Gasteiger partial charge < -0.3 is 5.32 Å². The topological polar surface area (TPSA) is 61.4 Å². The van der Waals surface area contributed by atoms with E-state index >= 15 is 0 Å². The molecule has 1 saturated heterocycles. The highest BCUT2D eigenvalue weighted by molar-refractivity contribution is 8.15. The number of carbonyl (C=O) groups excluding carboxylic acids is 2. The van der Waals surface area contributed by atoms with Crippen LogP contribution in [0.1, 0.15) is 0 Å². The summed E-state index contributed by atoms with van der Waals surface area (Å²) in [4.78, 5) is 23.9. The second kappa shape index (κ2) is 4.59. The maximum atomic E-state index is 11.2. The third-order valence-electron chi connectivity index (χ3n) is 1.78. The number of carbonyl (C=O) groups is 2. The van der Waals surface area contributed by atoms with E-state index in [2.05, 4.69) is 10.6 Å². The number of rotatable bonds is 4. The Morgan fingerprint density at radius 3 is 2.77 bits per heavy atom. The van der Waals surface area contributed by atoms with E-state index < -0.39 is 0 Å². The average molecular weight is 203 g/mol. The van der Waals surface area contributed by atoms with Crippen molar-refractivity contribution in [1.29, 1.82) is 0 Å². The number of thioether (sulfide) groups is 1. The van der Waals surface area contributed by atoms with Gasteiger partial charge in [0.05, 0.1) is 0 Å². The minimum Gasteiger partial charge on any atom is -0.318 e. The van der Waals surface area contributed by atoms with E-state index in [1.165, 1.54) is 0 Å². The van der Waals surface area contributed by atoms with Crippen LogP contribution in [0.15, 0.2) is 0 Å². The fourth-order valence-electron chi connectivity index (χ4n) is 1.04. The first-order chi connectivity index (χ1) is 6.15. The summed E-state index contributed by atoms with van der Waals surface area (Å²) in [5.41, 5.74) is 0. The molecule has 1 unspecified atom stereocenters. The molecule has 6 heteroatoms. The van der Waals surface area contributed by atoms with Gasteiger partial charge in [-0.1, -0.05) is 0 Å². The lowest BCUT2D eigenvalue weighted by Crippen LogP contribution is -2.39. The standard InChI is InChI=1S/C7H13N3O2S/c1-8-3-4-10(2)6-5(11)9-7(12)13-6/h6,8H,3-4H2,1-2H3,(H,9,11,12). The van der Waals surface area contributed by atoms with Gasteiger partial charge in [0.25, 0.3) is 11.1 Å². The monoisotopic (exact) mass is 203 g/mol. The third kappa shape index (κ3) is 2.68. The number of hydrogen-bond acceptors (Lipinski definition) is 5. The van der Waals surface area contributed by atoms with Crippen molar-refractivity contribution >= 4 is 22.9 Å². The molecule has 2 N–H and O–H groups in total. The number of nitrogens with one attached hydrogen (secondary N) is 2. The van der Waals surface area contributed by atoms with Crippen LogP contribution in [0.25, 0.3) is 0 Å². The minimum atomic E-state index is -0.360. The number of nitrogens with zero attached hydrogens (tertiary/aromatic N) is 1. The molecular formula is C7H13N3O2S. The van der Waals surface area contributed by atoms with Crippen molar-refractivity contribution in [3.63, 3.8) is 0 Å². The molecule has 74 valence electrons. The normalized spacial score (nSPS) is 22.5. The Hall–Kier alpha value is -0.590. The predicted molar refractivity (Wildman–Crippen MR) is 51.5 cm³/mol. The summed E-state index contributed by atoms with van der Waals surface area (Å²) in [6, 6.07) is 0. The van der Waals surface area contributed by atoms with E-state index in [4.69, 9.17) is 0 Å². The average Bonchev–Trinajstić information content (AvgIpc) is 2.41. The maximum Gasteiger partial charge on any atom is 0.287 e. The van der Waals surface area contributed by atoms with Crippen LogP contribution in [-0.4, -0.2) is 48.6 Å². The predicted octanol–water partition coefficient (Wildman–Crippen LogP) is -0.553. The van der Waals surface area contributed by atoms with E-state index in [0.717, 1.165) is 24.9 Å². The Kier molecular flexibility index (Phi) is 3.71. The molecule has 1 rings (SSSR count). The molecule has 5 nitrogen and oxygen atoms in total. The van der Waals surface area contributed by atoms with Crippen LogP contribution in [0, 0.1) is 0 Å². The summed E-state index contributed by atoms with van der Waals surface area (Å²) in [6.07, 6.45) is 0. The quantitative estimate of drug-likeness (QED) is 0.642. The first-order valence-corrected chi connectivity index (χ1v) is 4.89. The summed E-state index contributed by atoms with van der Waals surface area (Å²) in [7, 11) is 3.67. The van der Waals surface area contributed by atoms with Crippen LogP contribution >= 0.6 is 11.8 Å². The van der Waals surface area contributed by atoms with Gasteiger partial charge in [-0.25, -0.2) is 0 Å². The van der Waals surface area contributed by atoms with Gasteiger partial charge in [-0.3, -0.25) is 19.8 Å². The fourth-order valence-corrected chi connectivity index (χ4v) is 1.86. The molecule has 0 aromatic rings. The van der Waals surface area contributed by atoms with Crippen molar-refractivity contribution in [3.8, 4) is 0 Å². The van der Waals surface area contributed by atoms with Gasteiger partial charge in [0.1, 0.15) is 5.37 Å². The lowest BCUT2D eigenvalue weighted by atomic mass is 10.5. The molecule has 1 aliphatic rings. The van der Waals surface area contributed by atoms with Crippen LogP contribution in [0.3, 0.4) is 0 Å². The second-order valence-electron chi connectivity index (χ2n) is 2.83. The van der Waals surface area contributed by atoms with Crippen LogP contribution in [0.2, 0.25) is 0 Å². The van der Waals surface area contributed by atoms with Crippen LogP contribution in [0.5, 0.6) is 0 Å². The summed E-state index contributed by atoms with van der Waals surface area (Å²) >= 11 is 1.03. The van der Waals surface area contributed by atoms with Crippen molar-refractivity contribution in [1.82, 2.24) is 15.5 Å². The summed E-state index contributed by atoms with van der Waals surface area (Å²) in [6.45, 7) is 1.55. The van der Waals surface area contributed by atoms with Crippen molar-refractivity contribution in [3.05, 3.63) is 0 Å². The van der Waals surface area contributed by atoms with Crippen molar-refractivity contribution in [2.75, 3.05) is 27.2 Å². The van der Waals surface area contributed by atoms with Gasteiger partial charge in [-0.15, -0.1) is 0 Å². The summed E-state index contributed by atoms with van der Waals surface area (Å²) in [5.74, 6) is -0.214. The van der Waals surface area contributed by atoms with E-state index in [1.807, 2.05) is 19.0 Å². The first-order valence-electron chi connectivity index (χ1n) is 4.01. The molecule has 0 spiro atoms. The number of hydrogen-bond donors (Lipinski definition) is 2. The molecule has 1 heterocycles. The number of imide groups is 1. The summed E-state index contributed by atoms with van der Waals surface area (Å²) in [5, 5.41) is 4.61. The number of amides is 2. The highest BCUT2D eigenvalue weighted by atomic mass is 32.2. The van der Waals surface area contributed by atoms with Crippen molar-refractivity contribution in [2.45, 2.75) is 5.37 Å². The Morgan fingerprint density at radius 2 is 2.31 bits per heavy atom. The largest absolute Gasteiger partial charge is 0.318 e. The van der Waals surface area contributed by atoms with E-state index in [0.29, 0.717) is 0 Å². The molecule has 1 aliphatic heterocycles. The van der Waals surface area contributed by atoms with E-state index in [1.54, 1.807) is 0 Å². The van der Waals surface area contributed by atoms with Gasteiger partial charge in [0, 0.05) is 13.1 Å². The molecule has 0 aromatic carbocycles. The summed E-state index contributed by atoms with van der Waals surface area (Å²) < 4.78 is 0. The smallest absolute Gasteiger partial charge is 0.287 e. The highest BCUT2D eigenvalue weighted by Crippen LogP contribution is 2.20. The van der Waals surface area contributed by atoms with Gasteiger partial charge in [-0.2, -0.15) is 0 Å². The Bertz CT molecular complexity index is 222. The molecule has 0 bridgehead atoms. The van der Waals surface area contributed by atoms with E-state index in [9.17, 15) is 9.59 Å². The zero-order valence-corrected chi connectivity index (χ0v) is 8.48. The molecule has 1 atom stereocenters. The Labute approximate surface area is 81.2 Å². The maximum absolute atomic E-state index is 11.2. The molecule has 0 saturated carbocycles. The molecule has 0 aliphatic carbocycles. The van der Waals surface area contributed by atoms with Crippen LogP contribution in [-0.2, 0) is 4.79 Å². The van der Waals surface area contributed by atoms with E-state index in [-0.39, 0.29) is 16.5 Å². The lowest BCUT2D eigenvalue weighted by molar-refractivity contribution is -0.121.